The summed E-state index contributed by atoms with van der Waals surface area (Å²) in [7, 11) is 0. The number of aromatic nitrogens is 1. The fourth-order valence-electron chi connectivity index (χ4n) is 2.89. The van der Waals surface area contributed by atoms with Crippen molar-refractivity contribution in [1.29, 1.82) is 0 Å². The molecule has 0 aliphatic heterocycles. The first-order valence-corrected chi connectivity index (χ1v) is 8.34. The van der Waals surface area contributed by atoms with Crippen molar-refractivity contribution in [2.45, 2.75) is 24.9 Å². The average Bonchev–Trinajstić information content (AvgIpc) is 3.07. The van der Waals surface area contributed by atoms with Crippen LogP contribution in [0.15, 0.2) is 65.5 Å². The molecule has 2 atom stereocenters. The molecule has 0 bridgehead atoms. The zero-order valence-electron chi connectivity index (χ0n) is 13.1. The molecule has 0 spiro atoms. The lowest BCUT2D eigenvalue weighted by atomic mass is 9.77. The molecule has 0 radical (unpaired) electrons. The third kappa shape index (κ3) is 3.48. The number of halogens is 2. The summed E-state index contributed by atoms with van der Waals surface area (Å²) in [6.45, 7) is 1.77. The first-order valence-electron chi connectivity index (χ1n) is 7.58. The van der Waals surface area contributed by atoms with Crippen LogP contribution >= 0.6 is 23.2 Å². The van der Waals surface area contributed by atoms with Gasteiger partial charge in [-0.1, -0.05) is 35.3 Å². The third-order valence-electron chi connectivity index (χ3n) is 4.25. The topological polar surface area (TPSA) is 46.3 Å². The van der Waals surface area contributed by atoms with Crippen molar-refractivity contribution in [3.05, 3.63) is 88.1 Å². The molecule has 3 aromatic rings. The number of hydrogen-bond acceptors (Lipinski definition) is 3. The first-order chi connectivity index (χ1) is 11.5. The molecule has 3 rings (SSSR count). The fourth-order valence-corrected chi connectivity index (χ4v) is 3.43. The van der Waals surface area contributed by atoms with E-state index in [1.165, 1.54) is 0 Å². The van der Waals surface area contributed by atoms with E-state index < -0.39 is 5.60 Å². The van der Waals surface area contributed by atoms with Gasteiger partial charge < -0.3 is 9.52 Å². The Hall–Kier alpha value is -1.81. The molecule has 1 N–H and O–H groups in total. The summed E-state index contributed by atoms with van der Waals surface area (Å²) in [6.07, 6.45) is 5.46. The highest BCUT2D eigenvalue weighted by Crippen LogP contribution is 2.42. The van der Waals surface area contributed by atoms with Crippen LogP contribution in [-0.2, 0) is 12.0 Å². The van der Waals surface area contributed by atoms with Crippen LogP contribution in [0.1, 0.15) is 29.7 Å². The van der Waals surface area contributed by atoms with Gasteiger partial charge in [0, 0.05) is 40.3 Å². The van der Waals surface area contributed by atoms with Gasteiger partial charge in [0.2, 0.25) is 0 Å². The zero-order valence-corrected chi connectivity index (χ0v) is 14.6. The first kappa shape index (κ1) is 17.0. The molecular formula is C19H17Cl2NO2. The normalized spacial score (nSPS) is 15.0. The van der Waals surface area contributed by atoms with Gasteiger partial charge >= 0.3 is 0 Å². The largest absolute Gasteiger partial charge is 0.469 e. The molecule has 1 aromatic carbocycles. The monoisotopic (exact) mass is 361 g/mol. The highest BCUT2D eigenvalue weighted by atomic mass is 35.5. The molecule has 5 heteroatoms. The lowest BCUT2D eigenvalue weighted by molar-refractivity contribution is 0.0243. The quantitative estimate of drug-likeness (QED) is 0.677. The number of benzene rings is 1. The Bertz CT molecular complexity index is 801. The summed E-state index contributed by atoms with van der Waals surface area (Å²) in [5.74, 6) is 0.452. The van der Waals surface area contributed by atoms with Crippen molar-refractivity contribution in [2.75, 3.05) is 0 Å². The predicted molar refractivity (Wildman–Crippen MR) is 95.4 cm³/mol. The van der Waals surface area contributed by atoms with Crippen LogP contribution in [0.2, 0.25) is 10.0 Å². The van der Waals surface area contributed by atoms with Gasteiger partial charge in [0.1, 0.15) is 5.76 Å². The van der Waals surface area contributed by atoms with Crippen molar-refractivity contribution < 1.29 is 9.52 Å². The van der Waals surface area contributed by atoms with E-state index in [0.29, 0.717) is 22.0 Å². The van der Waals surface area contributed by atoms with Crippen molar-refractivity contribution in [2.24, 2.45) is 0 Å². The highest BCUT2D eigenvalue weighted by Gasteiger charge is 2.37. The maximum atomic E-state index is 11.3. The summed E-state index contributed by atoms with van der Waals surface area (Å²) < 4.78 is 5.48. The smallest absolute Gasteiger partial charge is 0.104 e. The minimum atomic E-state index is -1.18. The van der Waals surface area contributed by atoms with Crippen LogP contribution < -0.4 is 0 Å². The zero-order chi connectivity index (χ0) is 17.2. The second-order valence-electron chi connectivity index (χ2n) is 5.89. The van der Waals surface area contributed by atoms with Crippen LogP contribution in [0.5, 0.6) is 0 Å². The Morgan fingerprint density at radius 3 is 2.67 bits per heavy atom. The summed E-state index contributed by atoms with van der Waals surface area (Å²) in [5, 5.41) is 12.4. The Morgan fingerprint density at radius 1 is 1.21 bits per heavy atom. The fraction of sp³-hybridized carbons (Fsp3) is 0.211. The molecule has 3 nitrogen and oxygen atoms in total. The van der Waals surface area contributed by atoms with Gasteiger partial charge in [0.15, 0.2) is 0 Å². The van der Waals surface area contributed by atoms with E-state index in [9.17, 15) is 5.11 Å². The second-order valence-corrected chi connectivity index (χ2v) is 6.73. The molecule has 2 heterocycles. The van der Waals surface area contributed by atoms with Crippen molar-refractivity contribution >= 4 is 23.2 Å². The summed E-state index contributed by atoms with van der Waals surface area (Å²) in [5.41, 5.74) is 0.345. The van der Waals surface area contributed by atoms with Crippen molar-refractivity contribution in [3.63, 3.8) is 0 Å². The maximum Gasteiger partial charge on any atom is 0.104 e. The minimum absolute atomic E-state index is 0.322. The average molecular weight is 362 g/mol. The molecule has 0 aliphatic rings. The van der Waals surface area contributed by atoms with E-state index in [1.54, 1.807) is 43.8 Å². The number of hydrogen-bond donors (Lipinski definition) is 1. The summed E-state index contributed by atoms with van der Waals surface area (Å²) >= 11 is 12.4. The van der Waals surface area contributed by atoms with E-state index in [4.69, 9.17) is 27.6 Å². The van der Waals surface area contributed by atoms with Gasteiger partial charge in [0.25, 0.3) is 0 Å². The SMILES string of the molecule is CC(O)(c1cccnc1)C(Cc1ccco1)c1ccc(Cl)cc1Cl. The Balaban J connectivity index is 2.07. The molecule has 0 saturated carbocycles. The van der Waals surface area contributed by atoms with Crippen LogP contribution in [0.3, 0.4) is 0 Å². The van der Waals surface area contributed by atoms with Crippen LogP contribution in [0.4, 0.5) is 0 Å². The molecule has 0 saturated heterocycles. The van der Waals surface area contributed by atoms with E-state index in [2.05, 4.69) is 4.98 Å². The molecule has 124 valence electrons. The summed E-state index contributed by atoms with van der Waals surface area (Å²) in [6, 6.07) is 12.7. The standard InChI is InChI=1S/C19H17Cl2NO2/c1-19(23,13-4-2-8-22-12-13)17(11-15-5-3-9-24-15)16-7-6-14(20)10-18(16)21/h2-10,12,17,23H,11H2,1H3. The number of furan rings is 1. The Kier molecular flexibility index (Phi) is 4.95. The van der Waals surface area contributed by atoms with Crippen LogP contribution in [0, 0.1) is 0 Å². The molecule has 2 aromatic heterocycles. The second kappa shape index (κ2) is 6.98. The van der Waals surface area contributed by atoms with E-state index in [1.807, 2.05) is 24.3 Å². The molecule has 0 amide bonds. The van der Waals surface area contributed by atoms with E-state index in [-0.39, 0.29) is 5.92 Å². The van der Waals surface area contributed by atoms with Crippen molar-refractivity contribution in [1.82, 2.24) is 4.98 Å². The number of rotatable bonds is 5. The predicted octanol–water partition coefficient (Wildman–Crippen LogP) is 5.22. The lowest BCUT2D eigenvalue weighted by Crippen LogP contribution is -2.32. The molecule has 2 unspecified atom stereocenters. The Morgan fingerprint density at radius 2 is 2.04 bits per heavy atom. The number of nitrogens with zero attached hydrogens (tertiary/aromatic N) is 1. The van der Waals surface area contributed by atoms with Gasteiger partial charge in [-0.3, -0.25) is 4.98 Å². The minimum Gasteiger partial charge on any atom is -0.469 e. The Labute approximate surface area is 150 Å². The maximum absolute atomic E-state index is 11.3. The van der Waals surface area contributed by atoms with Gasteiger partial charge in [-0.2, -0.15) is 0 Å². The van der Waals surface area contributed by atoms with Gasteiger partial charge in [0.05, 0.1) is 11.9 Å². The van der Waals surface area contributed by atoms with Crippen LogP contribution in [-0.4, -0.2) is 10.1 Å². The third-order valence-corrected chi connectivity index (χ3v) is 4.81. The molecule has 0 fully saturated rings. The van der Waals surface area contributed by atoms with Gasteiger partial charge in [-0.05, 0) is 42.8 Å². The van der Waals surface area contributed by atoms with Crippen LogP contribution in [0.25, 0.3) is 0 Å². The number of aliphatic hydroxyl groups is 1. The highest BCUT2D eigenvalue weighted by molar-refractivity contribution is 6.35. The van der Waals surface area contributed by atoms with E-state index >= 15 is 0 Å². The molecule has 0 aliphatic carbocycles. The molecular weight excluding hydrogens is 345 g/mol. The van der Waals surface area contributed by atoms with E-state index in [0.717, 1.165) is 11.3 Å². The van der Waals surface area contributed by atoms with Crippen molar-refractivity contribution in [3.8, 4) is 0 Å². The summed E-state index contributed by atoms with van der Waals surface area (Å²) in [4.78, 5) is 4.12. The van der Waals surface area contributed by atoms with Gasteiger partial charge in [-0.15, -0.1) is 0 Å². The number of pyridine rings is 1. The van der Waals surface area contributed by atoms with Gasteiger partial charge in [-0.25, -0.2) is 0 Å². The lowest BCUT2D eigenvalue weighted by Gasteiger charge is -2.34. The molecule has 24 heavy (non-hydrogen) atoms.